The maximum Gasteiger partial charge on any atom is 0.230 e. The van der Waals surface area contributed by atoms with E-state index >= 15 is 0 Å². The molecule has 0 aliphatic heterocycles. The lowest BCUT2D eigenvalue weighted by atomic mass is 10.2. The molecule has 0 spiro atoms. The Bertz CT molecular complexity index is 593. The van der Waals surface area contributed by atoms with E-state index in [4.69, 9.17) is 5.26 Å². The van der Waals surface area contributed by atoms with E-state index in [1.165, 1.54) is 0 Å². The summed E-state index contributed by atoms with van der Waals surface area (Å²) in [4.78, 5) is 10.6. The minimum absolute atomic E-state index is 0.607. The van der Waals surface area contributed by atoms with Gasteiger partial charge in [-0.1, -0.05) is 12.1 Å². The predicted molar refractivity (Wildman–Crippen MR) is 70.7 cm³/mol. The van der Waals surface area contributed by atoms with Crippen LogP contribution in [-0.2, 0) is 0 Å². The Hall–Kier alpha value is -2.41. The zero-order valence-corrected chi connectivity index (χ0v) is 10.7. The van der Waals surface area contributed by atoms with E-state index in [2.05, 4.69) is 16.0 Å². The molecule has 2 rings (SSSR count). The number of hydrogen-bond acceptors (Lipinski definition) is 4. The predicted octanol–water partition coefficient (Wildman–Crippen LogP) is 2.73. The fourth-order valence-corrected chi connectivity index (χ4v) is 1.83. The van der Waals surface area contributed by atoms with Gasteiger partial charge in [0.2, 0.25) is 5.95 Å². The van der Waals surface area contributed by atoms with Crippen molar-refractivity contribution in [1.82, 2.24) is 9.97 Å². The molecular weight excluding hydrogens is 224 g/mol. The minimum atomic E-state index is 0.607. The van der Waals surface area contributed by atoms with Crippen molar-refractivity contribution in [2.24, 2.45) is 0 Å². The van der Waals surface area contributed by atoms with E-state index in [0.29, 0.717) is 11.5 Å². The smallest absolute Gasteiger partial charge is 0.230 e. The third-order valence-corrected chi connectivity index (χ3v) is 2.66. The molecule has 0 radical (unpaired) electrons. The number of nitrogens with zero attached hydrogens (tertiary/aromatic N) is 4. The van der Waals surface area contributed by atoms with E-state index in [-0.39, 0.29) is 0 Å². The van der Waals surface area contributed by atoms with Gasteiger partial charge in [0.25, 0.3) is 0 Å². The standard InChI is InChI=1S/C14H14N4/c1-10-8-11(2)17-14(16-10)18(3)13-7-5-4-6-12(13)9-15/h4-8H,1-3H3. The van der Waals surface area contributed by atoms with Gasteiger partial charge in [0.1, 0.15) is 6.07 Å². The lowest BCUT2D eigenvalue weighted by Crippen LogP contribution is -2.15. The second-order valence-electron chi connectivity index (χ2n) is 4.14. The van der Waals surface area contributed by atoms with Crippen LogP contribution < -0.4 is 4.90 Å². The lowest BCUT2D eigenvalue weighted by molar-refractivity contribution is 0.985. The third-order valence-electron chi connectivity index (χ3n) is 2.66. The van der Waals surface area contributed by atoms with Crippen LogP contribution in [0.5, 0.6) is 0 Å². The van der Waals surface area contributed by atoms with Crippen LogP contribution in [-0.4, -0.2) is 17.0 Å². The molecule has 18 heavy (non-hydrogen) atoms. The van der Waals surface area contributed by atoms with Gasteiger partial charge in [-0.3, -0.25) is 0 Å². The van der Waals surface area contributed by atoms with E-state index in [9.17, 15) is 0 Å². The van der Waals surface area contributed by atoms with E-state index in [0.717, 1.165) is 17.1 Å². The zero-order chi connectivity index (χ0) is 13.1. The Kier molecular flexibility index (Phi) is 3.24. The van der Waals surface area contributed by atoms with Crippen LogP contribution in [0.2, 0.25) is 0 Å². The molecule has 0 saturated heterocycles. The number of nitriles is 1. The minimum Gasteiger partial charge on any atom is -0.312 e. The highest BCUT2D eigenvalue weighted by atomic mass is 15.2. The van der Waals surface area contributed by atoms with Crippen molar-refractivity contribution in [1.29, 1.82) is 5.26 Å². The summed E-state index contributed by atoms with van der Waals surface area (Å²) in [5, 5.41) is 9.11. The van der Waals surface area contributed by atoms with Gasteiger partial charge in [-0.05, 0) is 32.0 Å². The van der Waals surface area contributed by atoms with Gasteiger partial charge >= 0.3 is 0 Å². The number of anilines is 2. The highest BCUT2D eigenvalue weighted by molar-refractivity contribution is 5.64. The Morgan fingerprint density at radius 2 is 1.72 bits per heavy atom. The maximum atomic E-state index is 9.11. The van der Waals surface area contributed by atoms with Crippen LogP contribution in [0.3, 0.4) is 0 Å². The molecule has 0 N–H and O–H groups in total. The summed E-state index contributed by atoms with van der Waals surface area (Å²) in [5.74, 6) is 0.607. The Labute approximate surface area is 107 Å². The van der Waals surface area contributed by atoms with Crippen LogP contribution in [0, 0.1) is 25.2 Å². The number of benzene rings is 1. The molecule has 2 aromatic rings. The summed E-state index contributed by atoms with van der Waals surface area (Å²) >= 11 is 0. The molecule has 90 valence electrons. The van der Waals surface area contributed by atoms with Crippen molar-refractivity contribution < 1.29 is 0 Å². The van der Waals surface area contributed by atoms with Crippen molar-refractivity contribution in [3.8, 4) is 6.07 Å². The lowest BCUT2D eigenvalue weighted by Gasteiger charge is -2.19. The first kappa shape index (κ1) is 12.1. The molecule has 0 fully saturated rings. The summed E-state index contributed by atoms with van der Waals surface area (Å²) in [6, 6.07) is 11.5. The first-order valence-corrected chi connectivity index (χ1v) is 5.67. The van der Waals surface area contributed by atoms with E-state index in [1.807, 2.05) is 50.1 Å². The molecule has 0 unspecified atom stereocenters. The highest BCUT2D eigenvalue weighted by Crippen LogP contribution is 2.24. The van der Waals surface area contributed by atoms with Crippen molar-refractivity contribution in [2.45, 2.75) is 13.8 Å². The molecule has 1 aromatic heterocycles. The molecule has 1 heterocycles. The molecule has 4 heteroatoms. The normalized spacial score (nSPS) is 9.89. The van der Waals surface area contributed by atoms with Crippen molar-refractivity contribution >= 4 is 11.6 Å². The first-order chi connectivity index (χ1) is 8.61. The van der Waals surface area contributed by atoms with Crippen LogP contribution in [0.25, 0.3) is 0 Å². The quantitative estimate of drug-likeness (QED) is 0.807. The number of aryl methyl sites for hydroxylation is 2. The largest absolute Gasteiger partial charge is 0.312 e. The fraction of sp³-hybridized carbons (Fsp3) is 0.214. The topological polar surface area (TPSA) is 52.8 Å². The second-order valence-corrected chi connectivity index (χ2v) is 4.14. The number of para-hydroxylation sites is 1. The fourth-order valence-electron chi connectivity index (χ4n) is 1.83. The first-order valence-electron chi connectivity index (χ1n) is 5.67. The number of hydrogen-bond donors (Lipinski definition) is 0. The molecule has 0 aliphatic carbocycles. The zero-order valence-electron chi connectivity index (χ0n) is 10.7. The maximum absolute atomic E-state index is 9.11. The summed E-state index contributed by atoms with van der Waals surface area (Å²) in [7, 11) is 1.87. The Morgan fingerprint density at radius 1 is 1.11 bits per heavy atom. The molecule has 0 amide bonds. The summed E-state index contributed by atoms with van der Waals surface area (Å²) in [6.45, 7) is 3.87. The van der Waals surface area contributed by atoms with Crippen LogP contribution >= 0.6 is 0 Å². The van der Waals surface area contributed by atoms with Crippen molar-refractivity contribution in [2.75, 3.05) is 11.9 Å². The summed E-state index contributed by atoms with van der Waals surface area (Å²) < 4.78 is 0. The average Bonchev–Trinajstić information content (AvgIpc) is 2.36. The molecule has 0 bridgehead atoms. The highest BCUT2D eigenvalue weighted by Gasteiger charge is 2.11. The van der Waals surface area contributed by atoms with Gasteiger partial charge < -0.3 is 4.90 Å². The summed E-state index contributed by atoms with van der Waals surface area (Å²) in [6.07, 6.45) is 0. The van der Waals surface area contributed by atoms with Gasteiger partial charge in [0.15, 0.2) is 0 Å². The molecule has 0 saturated carbocycles. The van der Waals surface area contributed by atoms with Gasteiger partial charge in [-0.2, -0.15) is 5.26 Å². The van der Waals surface area contributed by atoms with Crippen LogP contribution in [0.15, 0.2) is 30.3 Å². The Balaban J connectivity index is 2.48. The third kappa shape index (κ3) is 2.30. The molecular formula is C14H14N4. The number of rotatable bonds is 2. The van der Waals surface area contributed by atoms with Crippen LogP contribution in [0.1, 0.15) is 17.0 Å². The Morgan fingerprint density at radius 3 is 2.33 bits per heavy atom. The number of aromatic nitrogens is 2. The molecule has 1 aromatic carbocycles. The average molecular weight is 238 g/mol. The van der Waals surface area contributed by atoms with Crippen LogP contribution in [0.4, 0.5) is 11.6 Å². The van der Waals surface area contributed by atoms with Gasteiger partial charge in [0, 0.05) is 18.4 Å². The molecule has 0 aliphatic rings. The second kappa shape index (κ2) is 4.84. The van der Waals surface area contributed by atoms with Gasteiger partial charge in [-0.15, -0.1) is 0 Å². The molecule has 4 nitrogen and oxygen atoms in total. The van der Waals surface area contributed by atoms with E-state index < -0.39 is 0 Å². The SMILES string of the molecule is Cc1cc(C)nc(N(C)c2ccccc2C#N)n1. The summed E-state index contributed by atoms with van der Waals surface area (Å²) in [5.41, 5.74) is 3.25. The van der Waals surface area contributed by atoms with Gasteiger partial charge in [0.05, 0.1) is 11.3 Å². The molecule has 0 atom stereocenters. The monoisotopic (exact) mass is 238 g/mol. The van der Waals surface area contributed by atoms with E-state index in [1.54, 1.807) is 6.07 Å². The van der Waals surface area contributed by atoms with Gasteiger partial charge in [-0.25, -0.2) is 9.97 Å². The van der Waals surface area contributed by atoms with Crippen molar-refractivity contribution in [3.63, 3.8) is 0 Å². The van der Waals surface area contributed by atoms with Crippen molar-refractivity contribution in [3.05, 3.63) is 47.3 Å².